The lowest BCUT2D eigenvalue weighted by Crippen LogP contribution is -1.96. The molecule has 0 aliphatic heterocycles. The molecule has 18 heavy (non-hydrogen) atoms. The molecule has 0 heterocycles. The Balaban J connectivity index is 1.94. The van der Waals surface area contributed by atoms with Crippen molar-refractivity contribution in [3.05, 3.63) is 63.1 Å². The Hall–Kier alpha value is -1.03. The first-order chi connectivity index (χ1) is 8.65. The summed E-state index contributed by atoms with van der Waals surface area (Å²) < 4.78 is 6.68. The highest BCUT2D eigenvalue weighted by atomic mass is 79.9. The zero-order chi connectivity index (χ0) is 13.0. The monoisotopic (exact) mass is 325 g/mol. The molecule has 2 nitrogen and oxygen atoms in total. The Morgan fingerprint density at radius 3 is 2.72 bits per heavy atom. The van der Waals surface area contributed by atoms with E-state index >= 15 is 0 Å². The molecule has 0 amide bonds. The first-order valence-corrected chi connectivity index (χ1v) is 6.68. The average Bonchev–Trinajstić information content (AvgIpc) is 2.34. The number of nitrogen functional groups attached to an aromatic ring is 1. The Morgan fingerprint density at radius 2 is 1.94 bits per heavy atom. The van der Waals surface area contributed by atoms with E-state index in [9.17, 15) is 0 Å². The van der Waals surface area contributed by atoms with Gasteiger partial charge in [0, 0.05) is 15.2 Å². The summed E-state index contributed by atoms with van der Waals surface area (Å²) in [6.07, 6.45) is 0. The van der Waals surface area contributed by atoms with Crippen molar-refractivity contribution >= 4 is 33.2 Å². The van der Waals surface area contributed by atoms with Crippen molar-refractivity contribution in [3.63, 3.8) is 0 Å². The van der Waals surface area contributed by atoms with Gasteiger partial charge in [-0.15, -0.1) is 0 Å². The van der Waals surface area contributed by atoms with E-state index in [-0.39, 0.29) is 0 Å². The molecule has 0 aliphatic rings. The third kappa shape index (κ3) is 3.73. The second-order valence-corrected chi connectivity index (χ2v) is 5.30. The van der Waals surface area contributed by atoms with Crippen LogP contribution in [0.2, 0.25) is 5.02 Å². The van der Waals surface area contributed by atoms with Gasteiger partial charge in [0.15, 0.2) is 0 Å². The molecule has 0 spiro atoms. The van der Waals surface area contributed by atoms with E-state index in [2.05, 4.69) is 15.9 Å². The van der Waals surface area contributed by atoms with Crippen LogP contribution in [-0.4, -0.2) is 0 Å². The van der Waals surface area contributed by atoms with Crippen molar-refractivity contribution in [1.82, 2.24) is 0 Å². The fraction of sp³-hybridized carbons (Fsp3) is 0.143. The highest BCUT2D eigenvalue weighted by Gasteiger charge is 2.01. The molecule has 0 saturated heterocycles. The second kappa shape index (κ2) is 6.23. The quantitative estimate of drug-likeness (QED) is 0.845. The van der Waals surface area contributed by atoms with Gasteiger partial charge in [-0.05, 0) is 41.5 Å². The van der Waals surface area contributed by atoms with Crippen LogP contribution >= 0.6 is 27.5 Å². The summed E-state index contributed by atoms with van der Waals surface area (Å²) in [7, 11) is 0. The van der Waals surface area contributed by atoms with E-state index in [0.29, 0.717) is 23.9 Å². The molecule has 0 aromatic heterocycles. The van der Waals surface area contributed by atoms with Gasteiger partial charge in [0.05, 0.1) is 13.2 Å². The first kappa shape index (κ1) is 13.4. The topological polar surface area (TPSA) is 35.2 Å². The van der Waals surface area contributed by atoms with Crippen LogP contribution in [0.25, 0.3) is 0 Å². The zero-order valence-corrected chi connectivity index (χ0v) is 12.0. The van der Waals surface area contributed by atoms with Gasteiger partial charge in [-0.3, -0.25) is 0 Å². The van der Waals surface area contributed by atoms with Gasteiger partial charge in [0.2, 0.25) is 0 Å². The van der Waals surface area contributed by atoms with Crippen LogP contribution in [0.5, 0.6) is 0 Å². The Kier molecular flexibility index (Phi) is 4.64. The molecule has 0 atom stereocenters. The summed E-state index contributed by atoms with van der Waals surface area (Å²) in [5, 5.41) is 0.679. The predicted octanol–water partition coefficient (Wildman–Crippen LogP) is 4.40. The van der Waals surface area contributed by atoms with Crippen LogP contribution in [-0.2, 0) is 18.0 Å². The maximum absolute atomic E-state index is 6.06. The molecule has 2 aromatic carbocycles. The highest BCUT2D eigenvalue weighted by molar-refractivity contribution is 9.10. The fourth-order valence-corrected chi connectivity index (χ4v) is 2.23. The number of ether oxygens (including phenoxy) is 1. The van der Waals surface area contributed by atoms with E-state index < -0.39 is 0 Å². The predicted molar refractivity (Wildman–Crippen MR) is 78.5 cm³/mol. The Labute approximate surface area is 120 Å². The van der Waals surface area contributed by atoms with Crippen LogP contribution < -0.4 is 5.73 Å². The number of nitrogens with two attached hydrogens (primary N) is 1. The van der Waals surface area contributed by atoms with Crippen LogP contribution in [0.15, 0.2) is 46.9 Å². The number of hydrogen-bond acceptors (Lipinski definition) is 2. The number of rotatable bonds is 4. The first-order valence-electron chi connectivity index (χ1n) is 5.51. The number of hydrogen-bond donors (Lipinski definition) is 1. The van der Waals surface area contributed by atoms with Gasteiger partial charge < -0.3 is 10.5 Å². The van der Waals surface area contributed by atoms with Crippen molar-refractivity contribution in [2.45, 2.75) is 13.2 Å². The van der Waals surface area contributed by atoms with Gasteiger partial charge >= 0.3 is 0 Å². The highest BCUT2D eigenvalue weighted by Crippen LogP contribution is 2.20. The molecule has 0 fully saturated rings. The van der Waals surface area contributed by atoms with Crippen LogP contribution in [0.3, 0.4) is 0 Å². The summed E-state index contributed by atoms with van der Waals surface area (Å²) in [5.74, 6) is 0. The molecule has 2 rings (SSSR count). The summed E-state index contributed by atoms with van der Waals surface area (Å²) in [5.41, 5.74) is 8.43. The van der Waals surface area contributed by atoms with Crippen molar-refractivity contribution in [2.75, 3.05) is 5.73 Å². The maximum atomic E-state index is 6.06. The van der Waals surface area contributed by atoms with E-state index in [4.69, 9.17) is 22.1 Å². The maximum Gasteiger partial charge on any atom is 0.0736 e. The Morgan fingerprint density at radius 1 is 1.11 bits per heavy atom. The average molecular weight is 327 g/mol. The van der Waals surface area contributed by atoms with Gasteiger partial charge in [0.1, 0.15) is 0 Å². The van der Waals surface area contributed by atoms with Gasteiger partial charge in [-0.1, -0.05) is 39.7 Å². The minimum atomic E-state index is 0.455. The largest absolute Gasteiger partial charge is 0.399 e. The van der Waals surface area contributed by atoms with Gasteiger partial charge in [-0.25, -0.2) is 0 Å². The zero-order valence-electron chi connectivity index (χ0n) is 9.70. The summed E-state index contributed by atoms with van der Waals surface area (Å²) >= 11 is 9.49. The van der Waals surface area contributed by atoms with Crippen molar-refractivity contribution < 1.29 is 4.74 Å². The normalized spacial score (nSPS) is 10.6. The van der Waals surface area contributed by atoms with Crippen LogP contribution in [0, 0.1) is 0 Å². The smallest absolute Gasteiger partial charge is 0.0736 e. The Bertz CT molecular complexity index is 545. The molecule has 0 aliphatic carbocycles. The van der Waals surface area contributed by atoms with Crippen molar-refractivity contribution in [2.24, 2.45) is 0 Å². The lowest BCUT2D eigenvalue weighted by molar-refractivity contribution is 0.107. The third-order valence-corrected chi connectivity index (χ3v) is 3.35. The van der Waals surface area contributed by atoms with Crippen LogP contribution in [0.1, 0.15) is 11.1 Å². The molecule has 0 bridgehead atoms. The van der Waals surface area contributed by atoms with E-state index in [0.717, 1.165) is 15.6 Å². The minimum absolute atomic E-state index is 0.455. The van der Waals surface area contributed by atoms with E-state index in [1.807, 2.05) is 30.3 Å². The molecule has 0 saturated carbocycles. The van der Waals surface area contributed by atoms with Crippen molar-refractivity contribution in [1.29, 1.82) is 0 Å². The molecule has 4 heteroatoms. The van der Waals surface area contributed by atoms with Crippen molar-refractivity contribution in [3.8, 4) is 0 Å². The summed E-state index contributed by atoms with van der Waals surface area (Å²) in [6, 6.07) is 13.4. The molecule has 0 radical (unpaired) electrons. The number of benzene rings is 2. The summed E-state index contributed by atoms with van der Waals surface area (Å²) in [6.45, 7) is 1.00. The molecule has 2 N–H and O–H groups in total. The standard InChI is InChI=1S/C14H13BrClNO/c15-12-3-1-2-10(6-12)8-18-9-11-7-13(17)4-5-14(11)16/h1-7H,8-9,17H2. The summed E-state index contributed by atoms with van der Waals surface area (Å²) in [4.78, 5) is 0. The number of anilines is 1. The SMILES string of the molecule is Nc1ccc(Cl)c(COCc2cccc(Br)c2)c1. The minimum Gasteiger partial charge on any atom is -0.399 e. The third-order valence-electron chi connectivity index (χ3n) is 2.49. The molecular formula is C14H13BrClNO. The number of halogens is 2. The molecule has 94 valence electrons. The second-order valence-electron chi connectivity index (χ2n) is 3.97. The lowest BCUT2D eigenvalue weighted by atomic mass is 10.2. The van der Waals surface area contributed by atoms with Gasteiger partial charge in [0.25, 0.3) is 0 Å². The molecule has 0 unspecified atom stereocenters. The molecule has 2 aromatic rings. The van der Waals surface area contributed by atoms with Crippen LogP contribution in [0.4, 0.5) is 5.69 Å². The van der Waals surface area contributed by atoms with Gasteiger partial charge in [-0.2, -0.15) is 0 Å². The van der Waals surface area contributed by atoms with E-state index in [1.54, 1.807) is 12.1 Å². The lowest BCUT2D eigenvalue weighted by Gasteiger charge is -2.07. The molecular weight excluding hydrogens is 314 g/mol. The van der Waals surface area contributed by atoms with E-state index in [1.165, 1.54) is 0 Å². The fourth-order valence-electron chi connectivity index (χ4n) is 1.61.